The van der Waals surface area contributed by atoms with Crippen molar-refractivity contribution in [3.63, 3.8) is 0 Å². The van der Waals surface area contributed by atoms with E-state index in [9.17, 15) is 14.4 Å². The van der Waals surface area contributed by atoms with Crippen LogP contribution >= 0.6 is 0 Å². The van der Waals surface area contributed by atoms with Gasteiger partial charge in [-0.3, -0.25) is 19.4 Å². The molecule has 2 aromatic rings. The normalized spacial score (nSPS) is 14.0. The van der Waals surface area contributed by atoms with Gasteiger partial charge in [-0.25, -0.2) is 0 Å². The molecule has 1 fully saturated rings. The van der Waals surface area contributed by atoms with Crippen LogP contribution in [0.2, 0.25) is 0 Å². The lowest BCUT2D eigenvalue weighted by atomic mass is 10.1. The van der Waals surface area contributed by atoms with E-state index in [1.807, 2.05) is 32.0 Å². The van der Waals surface area contributed by atoms with Crippen LogP contribution in [0.1, 0.15) is 32.0 Å². The topological polar surface area (TPSA) is 82.6 Å². The molecule has 1 aromatic heterocycles. The number of aromatic nitrogens is 1. The van der Waals surface area contributed by atoms with Crippen molar-refractivity contribution in [2.24, 2.45) is 0 Å². The molecule has 3 rings (SSSR count). The molecule has 1 saturated heterocycles. The summed E-state index contributed by atoms with van der Waals surface area (Å²) in [6, 6.07) is 8.81. The summed E-state index contributed by atoms with van der Waals surface area (Å²) in [5.41, 5.74) is 3.44. The maximum absolute atomic E-state index is 12.7. The summed E-state index contributed by atoms with van der Waals surface area (Å²) in [5, 5.41) is 2.89. The summed E-state index contributed by atoms with van der Waals surface area (Å²) in [6.07, 6.45) is 2.26. The Morgan fingerprint density at radius 2 is 1.85 bits per heavy atom. The number of piperazine rings is 1. The van der Waals surface area contributed by atoms with Crippen LogP contribution in [-0.4, -0.2) is 59.2 Å². The smallest absolute Gasteiger partial charge is 0.272 e. The lowest BCUT2D eigenvalue weighted by Crippen LogP contribution is -2.48. The van der Waals surface area contributed by atoms with E-state index >= 15 is 0 Å². The molecule has 0 radical (unpaired) electrons. The van der Waals surface area contributed by atoms with Gasteiger partial charge in [0.05, 0.1) is 0 Å². The molecule has 1 aliphatic heterocycles. The number of carbonyl (C=O) groups excluding carboxylic acids is 3. The van der Waals surface area contributed by atoms with Gasteiger partial charge in [0.1, 0.15) is 5.69 Å². The molecule has 7 nitrogen and oxygen atoms in total. The first kappa shape index (κ1) is 18.6. The van der Waals surface area contributed by atoms with E-state index in [0.717, 1.165) is 23.2 Å². The number of anilines is 1. The van der Waals surface area contributed by atoms with Crippen LogP contribution in [0, 0.1) is 13.8 Å². The van der Waals surface area contributed by atoms with Gasteiger partial charge in [0, 0.05) is 43.6 Å². The Hall–Kier alpha value is -3.22. The lowest BCUT2D eigenvalue weighted by Gasteiger charge is -2.32. The highest BCUT2D eigenvalue weighted by Gasteiger charge is 2.23. The molecule has 1 N–H and O–H groups in total. The molecule has 0 saturated carbocycles. The Morgan fingerprint density at radius 3 is 2.56 bits per heavy atom. The molecule has 1 aliphatic rings. The Balaban J connectivity index is 1.73. The zero-order chi connectivity index (χ0) is 19.4. The van der Waals surface area contributed by atoms with Crippen LogP contribution in [0.25, 0.3) is 0 Å². The summed E-state index contributed by atoms with van der Waals surface area (Å²) in [5.74, 6) is -0.521. The number of hydrogen-bond donors (Lipinski definition) is 1. The summed E-state index contributed by atoms with van der Waals surface area (Å²) >= 11 is 0. The molecule has 27 heavy (non-hydrogen) atoms. The quantitative estimate of drug-likeness (QED) is 0.838. The number of carbonyl (C=O) groups is 3. The fourth-order valence-corrected chi connectivity index (χ4v) is 2.96. The van der Waals surface area contributed by atoms with Crippen molar-refractivity contribution in [2.45, 2.75) is 13.8 Å². The predicted octanol–water partition coefficient (Wildman–Crippen LogP) is 1.86. The molecule has 7 heteroatoms. The van der Waals surface area contributed by atoms with Crippen LogP contribution in [0.5, 0.6) is 0 Å². The largest absolute Gasteiger partial charge is 0.342 e. The highest BCUT2D eigenvalue weighted by atomic mass is 16.2. The van der Waals surface area contributed by atoms with Crippen molar-refractivity contribution >= 4 is 23.9 Å². The van der Waals surface area contributed by atoms with Crippen LogP contribution in [0.4, 0.5) is 5.69 Å². The lowest BCUT2D eigenvalue weighted by molar-refractivity contribution is -0.119. The van der Waals surface area contributed by atoms with Gasteiger partial charge in [-0.2, -0.15) is 0 Å². The van der Waals surface area contributed by atoms with Crippen LogP contribution < -0.4 is 5.32 Å². The molecular weight excluding hydrogens is 344 g/mol. The molecule has 0 bridgehead atoms. The van der Waals surface area contributed by atoms with Gasteiger partial charge in [-0.05, 0) is 43.2 Å². The Labute approximate surface area is 158 Å². The summed E-state index contributed by atoms with van der Waals surface area (Å²) in [6.45, 7) is 5.85. The van der Waals surface area contributed by atoms with E-state index in [1.54, 1.807) is 15.9 Å². The molecule has 0 spiro atoms. The van der Waals surface area contributed by atoms with E-state index in [2.05, 4.69) is 10.3 Å². The molecule has 1 aromatic carbocycles. The van der Waals surface area contributed by atoms with Gasteiger partial charge in [0.2, 0.25) is 6.41 Å². The van der Waals surface area contributed by atoms with Crippen molar-refractivity contribution in [3.8, 4) is 0 Å². The van der Waals surface area contributed by atoms with E-state index < -0.39 is 0 Å². The maximum atomic E-state index is 12.7. The van der Waals surface area contributed by atoms with Gasteiger partial charge in [-0.1, -0.05) is 12.1 Å². The zero-order valence-corrected chi connectivity index (χ0v) is 15.4. The number of hydrogen-bond acceptors (Lipinski definition) is 4. The average molecular weight is 366 g/mol. The molecule has 3 amide bonds. The second kappa shape index (κ2) is 7.99. The maximum Gasteiger partial charge on any atom is 0.272 e. The number of aryl methyl sites for hydroxylation is 1. The SMILES string of the molecule is Cc1cccc(NC(=O)c2ccnc(C(=O)N3CCN(C=O)CC3)c2)c1C. The number of amides is 3. The number of rotatable bonds is 4. The van der Waals surface area contributed by atoms with Gasteiger partial charge in [0.15, 0.2) is 0 Å². The first-order chi connectivity index (χ1) is 13.0. The van der Waals surface area contributed by atoms with Crippen molar-refractivity contribution in [1.29, 1.82) is 0 Å². The summed E-state index contributed by atoms with van der Waals surface area (Å²) in [4.78, 5) is 43.4. The fourth-order valence-electron chi connectivity index (χ4n) is 2.96. The van der Waals surface area contributed by atoms with Crippen LogP contribution in [0.3, 0.4) is 0 Å². The van der Waals surface area contributed by atoms with Gasteiger partial charge >= 0.3 is 0 Å². The highest BCUT2D eigenvalue weighted by Crippen LogP contribution is 2.19. The van der Waals surface area contributed by atoms with Crippen molar-refractivity contribution in [2.75, 3.05) is 31.5 Å². The van der Waals surface area contributed by atoms with Crippen LogP contribution in [-0.2, 0) is 4.79 Å². The Bertz CT molecular complexity index is 873. The summed E-state index contributed by atoms with van der Waals surface area (Å²) in [7, 11) is 0. The third-order valence-electron chi connectivity index (χ3n) is 4.84. The number of pyridine rings is 1. The molecule has 140 valence electrons. The number of nitrogens with one attached hydrogen (secondary N) is 1. The average Bonchev–Trinajstić information content (AvgIpc) is 2.71. The highest BCUT2D eigenvalue weighted by molar-refractivity contribution is 6.06. The van der Waals surface area contributed by atoms with E-state index in [4.69, 9.17) is 0 Å². The fraction of sp³-hybridized carbons (Fsp3) is 0.300. The monoisotopic (exact) mass is 366 g/mol. The van der Waals surface area contributed by atoms with Crippen molar-refractivity contribution < 1.29 is 14.4 Å². The minimum atomic E-state index is -0.286. The van der Waals surface area contributed by atoms with Crippen molar-refractivity contribution in [1.82, 2.24) is 14.8 Å². The minimum Gasteiger partial charge on any atom is -0.342 e. The van der Waals surface area contributed by atoms with E-state index in [0.29, 0.717) is 31.7 Å². The third kappa shape index (κ3) is 4.13. The second-order valence-electron chi connectivity index (χ2n) is 6.56. The minimum absolute atomic E-state index is 0.225. The molecule has 0 aliphatic carbocycles. The molecule has 2 heterocycles. The van der Waals surface area contributed by atoms with Gasteiger partial charge < -0.3 is 15.1 Å². The van der Waals surface area contributed by atoms with E-state index in [1.165, 1.54) is 12.3 Å². The first-order valence-electron chi connectivity index (χ1n) is 8.82. The third-order valence-corrected chi connectivity index (χ3v) is 4.84. The standard InChI is InChI=1S/C20H22N4O3/c1-14-4-3-5-17(15(14)2)22-19(26)16-6-7-21-18(12-16)20(27)24-10-8-23(13-25)9-11-24/h3-7,12-13H,8-11H2,1-2H3,(H,22,26). The molecule has 0 unspecified atom stereocenters. The zero-order valence-electron chi connectivity index (χ0n) is 15.4. The van der Waals surface area contributed by atoms with Gasteiger partial charge in [-0.15, -0.1) is 0 Å². The van der Waals surface area contributed by atoms with Crippen molar-refractivity contribution in [3.05, 3.63) is 58.9 Å². The predicted molar refractivity (Wildman–Crippen MR) is 102 cm³/mol. The van der Waals surface area contributed by atoms with Gasteiger partial charge in [0.25, 0.3) is 11.8 Å². The van der Waals surface area contributed by atoms with E-state index in [-0.39, 0.29) is 17.5 Å². The van der Waals surface area contributed by atoms with Crippen LogP contribution in [0.15, 0.2) is 36.5 Å². The second-order valence-corrected chi connectivity index (χ2v) is 6.56. The molecule has 0 atom stereocenters. The number of nitrogens with zero attached hydrogens (tertiary/aromatic N) is 3. The number of benzene rings is 1. The Morgan fingerprint density at radius 1 is 1.11 bits per heavy atom. The summed E-state index contributed by atoms with van der Waals surface area (Å²) < 4.78 is 0. The molecular formula is C20H22N4O3. The Kier molecular flexibility index (Phi) is 5.49. The first-order valence-corrected chi connectivity index (χ1v) is 8.82.